The molecule has 0 radical (unpaired) electrons. The van der Waals surface area contributed by atoms with E-state index in [4.69, 9.17) is 0 Å². The summed E-state index contributed by atoms with van der Waals surface area (Å²) in [5, 5.41) is 21.9. The summed E-state index contributed by atoms with van der Waals surface area (Å²) in [6.07, 6.45) is 1.01. The number of rotatable bonds is 5. The first-order chi connectivity index (χ1) is 15.0. The van der Waals surface area contributed by atoms with Crippen molar-refractivity contribution >= 4 is 11.9 Å². The highest BCUT2D eigenvalue weighted by Gasteiger charge is 2.61. The summed E-state index contributed by atoms with van der Waals surface area (Å²) in [5.74, 6) is 4.56. The van der Waals surface area contributed by atoms with Crippen LogP contribution in [0.2, 0.25) is 0 Å². The van der Waals surface area contributed by atoms with Gasteiger partial charge >= 0.3 is 5.97 Å². The second-order valence-corrected chi connectivity index (χ2v) is 7.70. The molecular formula is C26H21NO4. The Labute approximate surface area is 180 Å². The quantitative estimate of drug-likeness (QED) is 0.560. The standard InChI is InChI=1S/C26H21NO4/c28-23-13-11-18(12-14-23)9-10-20-7-4-8-21(15-20)24(29)27-26(25(30)31)17-22(26)16-19-5-2-1-3-6-19/h1-8,11-15,22,28H,16-17H2,(H,27,29)(H,30,31). The van der Waals surface area contributed by atoms with Gasteiger partial charge in [0, 0.05) is 16.7 Å². The molecule has 2 atom stereocenters. The second-order valence-electron chi connectivity index (χ2n) is 7.70. The van der Waals surface area contributed by atoms with Crippen molar-refractivity contribution < 1.29 is 19.8 Å². The van der Waals surface area contributed by atoms with Crippen LogP contribution < -0.4 is 5.32 Å². The highest BCUT2D eigenvalue weighted by atomic mass is 16.4. The molecule has 0 bridgehead atoms. The minimum atomic E-state index is -1.24. The summed E-state index contributed by atoms with van der Waals surface area (Å²) in [7, 11) is 0. The first-order valence-electron chi connectivity index (χ1n) is 9.97. The molecule has 5 nitrogen and oxygen atoms in total. The maximum atomic E-state index is 12.8. The summed E-state index contributed by atoms with van der Waals surface area (Å²) in [5.41, 5.74) is 1.56. The van der Waals surface area contributed by atoms with E-state index in [1.54, 1.807) is 48.5 Å². The normalized spacial score (nSPS) is 19.0. The molecule has 1 fully saturated rings. The monoisotopic (exact) mass is 411 g/mol. The summed E-state index contributed by atoms with van der Waals surface area (Å²) in [6.45, 7) is 0. The SMILES string of the molecule is O=C(NC1(C(=O)O)CC1Cc1ccccc1)c1cccc(C#Cc2ccc(O)cc2)c1. The Morgan fingerprint density at radius 2 is 1.65 bits per heavy atom. The number of carboxylic acid groups (broad SMARTS) is 1. The number of benzene rings is 3. The first-order valence-corrected chi connectivity index (χ1v) is 9.97. The largest absolute Gasteiger partial charge is 0.508 e. The Bertz CT molecular complexity index is 1180. The minimum absolute atomic E-state index is 0.145. The molecule has 5 heteroatoms. The molecule has 0 heterocycles. The number of hydrogen-bond donors (Lipinski definition) is 3. The van der Waals surface area contributed by atoms with Gasteiger partial charge in [0.05, 0.1) is 0 Å². The van der Waals surface area contributed by atoms with Crippen LogP contribution in [0.5, 0.6) is 5.75 Å². The smallest absolute Gasteiger partial charge is 0.329 e. The van der Waals surface area contributed by atoms with E-state index in [0.29, 0.717) is 24.0 Å². The molecule has 1 aliphatic rings. The molecule has 1 amide bonds. The van der Waals surface area contributed by atoms with E-state index in [0.717, 1.165) is 11.1 Å². The Morgan fingerprint density at radius 3 is 2.35 bits per heavy atom. The molecule has 31 heavy (non-hydrogen) atoms. The van der Waals surface area contributed by atoms with Crippen molar-refractivity contribution in [3.05, 3.63) is 101 Å². The number of hydrogen-bond acceptors (Lipinski definition) is 3. The van der Waals surface area contributed by atoms with Gasteiger partial charge in [-0.15, -0.1) is 0 Å². The van der Waals surface area contributed by atoms with Crippen LogP contribution in [-0.2, 0) is 11.2 Å². The van der Waals surface area contributed by atoms with E-state index < -0.39 is 17.4 Å². The Balaban J connectivity index is 1.47. The van der Waals surface area contributed by atoms with Crippen LogP contribution in [0.15, 0.2) is 78.9 Å². The fourth-order valence-corrected chi connectivity index (χ4v) is 3.65. The van der Waals surface area contributed by atoms with Gasteiger partial charge in [0.15, 0.2) is 0 Å². The van der Waals surface area contributed by atoms with E-state index in [1.807, 2.05) is 30.3 Å². The third-order valence-electron chi connectivity index (χ3n) is 5.49. The molecule has 3 aromatic carbocycles. The fraction of sp³-hybridized carbons (Fsp3) is 0.154. The lowest BCUT2D eigenvalue weighted by Gasteiger charge is -2.15. The van der Waals surface area contributed by atoms with E-state index in [9.17, 15) is 19.8 Å². The van der Waals surface area contributed by atoms with Crippen LogP contribution in [0, 0.1) is 17.8 Å². The Hall–Kier alpha value is -4.04. The average Bonchev–Trinajstić information content (AvgIpc) is 3.47. The molecule has 154 valence electrons. The molecule has 1 saturated carbocycles. The van der Waals surface area contributed by atoms with Gasteiger partial charge in [-0.25, -0.2) is 4.79 Å². The fourth-order valence-electron chi connectivity index (χ4n) is 3.65. The lowest BCUT2D eigenvalue weighted by molar-refractivity contribution is -0.140. The average molecular weight is 411 g/mol. The molecule has 0 saturated heterocycles. The number of aliphatic carboxylic acids is 1. The zero-order valence-electron chi connectivity index (χ0n) is 16.7. The van der Waals surface area contributed by atoms with Gasteiger partial charge in [0.1, 0.15) is 11.3 Å². The van der Waals surface area contributed by atoms with Gasteiger partial charge in [0.25, 0.3) is 5.91 Å². The molecule has 1 aliphatic carbocycles. The van der Waals surface area contributed by atoms with Crippen LogP contribution in [0.1, 0.15) is 33.5 Å². The number of phenolic OH excluding ortho intramolecular Hbond substituents is 1. The van der Waals surface area contributed by atoms with Crippen molar-refractivity contribution in [3.8, 4) is 17.6 Å². The van der Waals surface area contributed by atoms with Crippen LogP contribution in [-0.4, -0.2) is 27.6 Å². The number of carbonyl (C=O) groups excluding carboxylic acids is 1. The third-order valence-corrected chi connectivity index (χ3v) is 5.49. The number of amides is 1. The summed E-state index contributed by atoms with van der Waals surface area (Å²) >= 11 is 0. The van der Waals surface area contributed by atoms with E-state index >= 15 is 0 Å². The van der Waals surface area contributed by atoms with Crippen LogP contribution in [0.4, 0.5) is 0 Å². The number of carbonyl (C=O) groups is 2. The Kier molecular flexibility index (Phi) is 5.46. The molecule has 4 rings (SSSR count). The van der Waals surface area contributed by atoms with Crippen LogP contribution >= 0.6 is 0 Å². The Morgan fingerprint density at radius 1 is 0.935 bits per heavy atom. The van der Waals surface area contributed by atoms with Gasteiger partial charge < -0.3 is 15.5 Å². The predicted molar refractivity (Wildman–Crippen MR) is 117 cm³/mol. The molecule has 0 aliphatic heterocycles. The highest BCUT2D eigenvalue weighted by Crippen LogP contribution is 2.46. The lowest BCUT2D eigenvalue weighted by Crippen LogP contribution is -2.45. The van der Waals surface area contributed by atoms with Gasteiger partial charge in [0.2, 0.25) is 0 Å². The lowest BCUT2D eigenvalue weighted by atomic mass is 10.0. The summed E-state index contributed by atoms with van der Waals surface area (Å²) < 4.78 is 0. The topological polar surface area (TPSA) is 86.6 Å². The maximum Gasteiger partial charge on any atom is 0.329 e. The molecule has 2 unspecified atom stereocenters. The second kappa shape index (κ2) is 8.37. The van der Waals surface area contributed by atoms with Crippen molar-refractivity contribution in [1.29, 1.82) is 0 Å². The minimum Gasteiger partial charge on any atom is -0.508 e. The molecular weight excluding hydrogens is 390 g/mol. The first kappa shape index (κ1) is 20.2. The highest BCUT2D eigenvalue weighted by molar-refractivity contribution is 5.99. The maximum absolute atomic E-state index is 12.8. The van der Waals surface area contributed by atoms with Gasteiger partial charge in [-0.05, 0) is 66.8 Å². The van der Waals surface area contributed by atoms with Crippen LogP contribution in [0.25, 0.3) is 0 Å². The van der Waals surface area contributed by atoms with E-state index in [2.05, 4.69) is 17.2 Å². The molecule has 3 N–H and O–H groups in total. The molecule has 3 aromatic rings. The number of aromatic hydroxyl groups is 1. The van der Waals surface area contributed by atoms with Crippen molar-refractivity contribution in [2.45, 2.75) is 18.4 Å². The van der Waals surface area contributed by atoms with Gasteiger partial charge in [-0.1, -0.05) is 48.2 Å². The third kappa shape index (κ3) is 4.59. The van der Waals surface area contributed by atoms with E-state index in [1.165, 1.54) is 0 Å². The summed E-state index contributed by atoms with van der Waals surface area (Å²) in [4.78, 5) is 24.8. The van der Waals surface area contributed by atoms with Crippen LogP contribution in [0.3, 0.4) is 0 Å². The molecule has 0 spiro atoms. The van der Waals surface area contributed by atoms with Crippen molar-refractivity contribution in [2.75, 3.05) is 0 Å². The van der Waals surface area contributed by atoms with Gasteiger partial charge in [-0.3, -0.25) is 4.79 Å². The van der Waals surface area contributed by atoms with Crippen molar-refractivity contribution in [1.82, 2.24) is 5.32 Å². The van der Waals surface area contributed by atoms with Gasteiger partial charge in [-0.2, -0.15) is 0 Å². The molecule has 0 aromatic heterocycles. The zero-order valence-corrected chi connectivity index (χ0v) is 16.7. The zero-order chi connectivity index (χ0) is 21.8. The summed E-state index contributed by atoms with van der Waals surface area (Å²) in [6, 6.07) is 23.0. The number of carboxylic acids is 1. The number of nitrogens with one attached hydrogen (secondary N) is 1. The van der Waals surface area contributed by atoms with Crippen molar-refractivity contribution in [2.24, 2.45) is 5.92 Å². The van der Waals surface area contributed by atoms with Crippen molar-refractivity contribution in [3.63, 3.8) is 0 Å². The van der Waals surface area contributed by atoms with E-state index in [-0.39, 0.29) is 11.7 Å². The number of phenols is 1. The predicted octanol–water partition coefficient (Wildman–Crippen LogP) is 3.61.